The third kappa shape index (κ3) is 7.99. The first-order valence-corrected chi connectivity index (χ1v) is 15.5. The number of urea groups is 1. The number of aromatic nitrogens is 1. The van der Waals surface area contributed by atoms with Crippen LogP contribution in [0.4, 0.5) is 15.3 Å². The minimum atomic E-state index is -0.322. The third-order valence-electron chi connectivity index (χ3n) is 6.88. The molecule has 2 aromatic carbocycles. The molecule has 2 fully saturated rings. The van der Waals surface area contributed by atoms with Crippen LogP contribution >= 0.6 is 23.1 Å². The zero-order valence-electron chi connectivity index (χ0n) is 22.4. The van der Waals surface area contributed by atoms with E-state index in [-0.39, 0.29) is 24.3 Å². The van der Waals surface area contributed by atoms with E-state index in [1.165, 1.54) is 23.3 Å². The fraction of sp³-hybridized carbons (Fsp3) is 0.433. The number of benzene rings is 2. The number of nitrogens with zero attached hydrogens (tertiary/aromatic N) is 1. The molecular weight excluding hydrogens is 528 g/mol. The standard InChI is InChI=1S/C30H36N4O3S2/c1-19(2)37-30(36)34-22-10-8-21(9-11-22)28-31-18-27(39-28)25-15-12-23(16-26(25)38-24-13-14-24)33-29(35)32-17-20-6-4-3-5-7-20/h3-7,12,15-16,18-19,21-22,24H,8-11,13-14,17H2,1-2H3,(H,34,36)(H2,32,33,35)/t21-,22-. The summed E-state index contributed by atoms with van der Waals surface area (Å²) >= 11 is 3.66. The highest BCUT2D eigenvalue weighted by molar-refractivity contribution is 8.00. The molecule has 7 nitrogen and oxygen atoms in total. The van der Waals surface area contributed by atoms with Gasteiger partial charge >= 0.3 is 12.1 Å². The van der Waals surface area contributed by atoms with E-state index in [1.807, 2.05) is 68.2 Å². The van der Waals surface area contributed by atoms with E-state index in [0.29, 0.717) is 17.7 Å². The monoisotopic (exact) mass is 564 g/mol. The summed E-state index contributed by atoms with van der Waals surface area (Å²) < 4.78 is 5.23. The summed E-state index contributed by atoms with van der Waals surface area (Å²) in [6.45, 7) is 4.20. The summed E-state index contributed by atoms with van der Waals surface area (Å²) in [5.41, 5.74) is 3.03. The number of rotatable bonds is 9. The number of amides is 3. The molecule has 0 bridgehead atoms. The molecule has 0 atom stereocenters. The maximum absolute atomic E-state index is 12.5. The van der Waals surface area contributed by atoms with Crippen LogP contribution in [0.25, 0.3) is 10.4 Å². The number of thioether (sulfide) groups is 1. The first-order valence-electron chi connectivity index (χ1n) is 13.8. The second-order valence-corrected chi connectivity index (χ2v) is 12.9. The van der Waals surface area contributed by atoms with Crippen molar-refractivity contribution in [3.63, 3.8) is 0 Å². The minimum Gasteiger partial charge on any atom is -0.447 e. The van der Waals surface area contributed by atoms with Crippen molar-refractivity contribution in [3.8, 4) is 10.4 Å². The van der Waals surface area contributed by atoms with Gasteiger partial charge in [-0.3, -0.25) is 0 Å². The number of alkyl carbamates (subject to hydrolysis) is 1. The number of hydrogen-bond acceptors (Lipinski definition) is 6. The highest BCUT2D eigenvalue weighted by Crippen LogP contribution is 2.46. The van der Waals surface area contributed by atoms with Crippen molar-refractivity contribution in [1.29, 1.82) is 0 Å². The number of carbonyl (C=O) groups excluding carboxylic acids is 2. The van der Waals surface area contributed by atoms with Gasteiger partial charge in [-0.1, -0.05) is 36.4 Å². The predicted molar refractivity (Wildman–Crippen MR) is 158 cm³/mol. The van der Waals surface area contributed by atoms with E-state index in [4.69, 9.17) is 9.72 Å². The predicted octanol–water partition coefficient (Wildman–Crippen LogP) is 7.55. The molecule has 0 unspecified atom stereocenters. The number of hydrogen-bond donors (Lipinski definition) is 3. The van der Waals surface area contributed by atoms with E-state index >= 15 is 0 Å². The van der Waals surface area contributed by atoms with Crippen molar-refractivity contribution < 1.29 is 14.3 Å². The molecule has 0 radical (unpaired) electrons. The van der Waals surface area contributed by atoms with E-state index in [2.05, 4.69) is 28.1 Å². The first kappa shape index (κ1) is 27.5. The molecule has 5 rings (SSSR count). The SMILES string of the molecule is CC(C)OC(=O)N[C@H]1CC[C@H](c2ncc(-c3ccc(NC(=O)NCc4ccccc4)cc3SC3CC3)s2)CC1. The fourth-order valence-electron chi connectivity index (χ4n) is 4.72. The highest BCUT2D eigenvalue weighted by Gasteiger charge is 2.28. The van der Waals surface area contributed by atoms with Gasteiger partial charge in [-0.05, 0) is 70.1 Å². The lowest BCUT2D eigenvalue weighted by molar-refractivity contribution is 0.109. The van der Waals surface area contributed by atoms with Crippen molar-refractivity contribution in [1.82, 2.24) is 15.6 Å². The van der Waals surface area contributed by atoms with Crippen molar-refractivity contribution in [2.45, 2.75) is 87.1 Å². The lowest BCUT2D eigenvalue weighted by Gasteiger charge is -2.28. The molecule has 0 saturated heterocycles. The number of thiazole rings is 1. The quantitative estimate of drug-likeness (QED) is 0.250. The van der Waals surface area contributed by atoms with E-state index in [1.54, 1.807) is 11.3 Å². The molecule has 2 aliphatic rings. The van der Waals surface area contributed by atoms with E-state index in [9.17, 15) is 9.59 Å². The summed E-state index contributed by atoms with van der Waals surface area (Å²) in [4.78, 5) is 31.6. The Morgan fingerprint density at radius 3 is 2.54 bits per heavy atom. The van der Waals surface area contributed by atoms with Crippen molar-refractivity contribution in [3.05, 3.63) is 65.3 Å². The van der Waals surface area contributed by atoms with Gasteiger partial charge in [0.25, 0.3) is 0 Å². The van der Waals surface area contributed by atoms with Crippen LogP contribution in [-0.2, 0) is 11.3 Å². The average molecular weight is 565 g/mol. The van der Waals surface area contributed by atoms with Gasteiger partial charge in [0, 0.05) is 46.1 Å². The maximum Gasteiger partial charge on any atom is 0.407 e. The normalized spacial score (nSPS) is 18.9. The molecule has 2 saturated carbocycles. The number of nitrogens with one attached hydrogen (secondary N) is 3. The van der Waals surface area contributed by atoms with Crippen LogP contribution in [0.5, 0.6) is 0 Å². The zero-order valence-corrected chi connectivity index (χ0v) is 24.1. The van der Waals surface area contributed by atoms with Crippen molar-refractivity contribution >= 4 is 40.9 Å². The van der Waals surface area contributed by atoms with Gasteiger partial charge in [0.15, 0.2) is 0 Å². The minimum absolute atomic E-state index is 0.111. The third-order valence-corrected chi connectivity index (χ3v) is 9.47. The van der Waals surface area contributed by atoms with Gasteiger partial charge in [-0.15, -0.1) is 23.1 Å². The Bertz CT molecular complexity index is 1270. The highest BCUT2D eigenvalue weighted by atomic mass is 32.2. The van der Waals surface area contributed by atoms with E-state index < -0.39 is 0 Å². The second kappa shape index (κ2) is 12.9. The molecule has 206 valence electrons. The molecular formula is C30H36N4O3S2. The van der Waals surface area contributed by atoms with Crippen LogP contribution in [-0.4, -0.2) is 34.5 Å². The smallest absolute Gasteiger partial charge is 0.407 e. The van der Waals surface area contributed by atoms with Crippen LogP contribution in [0.15, 0.2) is 59.6 Å². The van der Waals surface area contributed by atoms with Crippen molar-refractivity contribution in [2.75, 3.05) is 5.32 Å². The molecule has 3 N–H and O–H groups in total. The summed E-state index contributed by atoms with van der Waals surface area (Å²) in [7, 11) is 0. The Balaban J connectivity index is 1.21. The number of anilines is 1. The Kier molecular flexibility index (Phi) is 9.09. The molecule has 2 aliphatic carbocycles. The van der Waals surface area contributed by atoms with Crippen LogP contribution in [0.2, 0.25) is 0 Å². The van der Waals surface area contributed by atoms with Gasteiger partial charge in [-0.2, -0.15) is 0 Å². The molecule has 0 aliphatic heterocycles. The van der Waals surface area contributed by atoms with Crippen molar-refractivity contribution in [2.24, 2.45) is 0 Å². The lowest BCUT2D eigenvalue weighted by Crippen LogP contribution is -2.38. The van der Waals surface area contributed by atoms with Crippen LogP contribution in [0.3, 0.4) is 0 Å². The fourth-order valence-corrected chi connectivity index (χ4v) is 7.14. The molecule has 3 aromatic rings. The van der Waals surface area contributed by atoms with Crippen LogP contribution < -0.4 is 16.0 Å². The molecule has 1 heterocycles. The molecule has 0 spiro atoms. The Morgan fingerprint density at radius 2 is 1.82 bits per heavy atom. The summed E-state index contributed by atoms with van der Waals surface area (Å²) in [5, 5.41) is 10.7. The Labute approximate surface area is 238 Å². The summed E-state index contributed by atoms with van der Waals surface area (Å²) in [6, 6.07) is 16.0. The largest absolute Gasteiger partial charge is 0.447 e. The number of ether oxygens (including phenoxy) is 1. The van der Waals surface area contributed by atoms with Crippen LogP contribution in [0.1, 0.15) is 68.9 Å². The van der Waals surface area contributed by atoms with Gasteiger partial charge < -0.3 is 20.7 Å². The van der Waals surface area contributed by atoms with Gasteiger partial charge in [-0.25, -0.2) is 14.6 Å². The zero-order chi connectivity index (χ0) is 27.2. The van der Waals surface area contributed by atoms with Crippen LogP contribution in [0, 0.1) is 0 Å². The summed E-state index contributed by atoms with van der Waals surface area (Å²) in [6.07, 6.45) is 7.90. The summed E-state index contributed by atoms with van der Waals surface area (Å²) in [5.74, 6) is 0.414. The second-order valence-electron chi connectivity index (χ2n) is 10.5. The van der Waals surface area contributed by atoms with Gasteiger partial charge in [0.1, 0.15) is 0 Å². The maximum atomic E-state index is 12.5. The topological polar surface area (TPSA) is 92.3 Å². The molecule has 39 heavy (non-hydrogen) atoms. The molecule has 1 aromatic heterocycles. The first-order chi connectivity index (χ1) is 18.9. The Morgan fingerprint density at radius 1 is 1.05 bits per heavy atom. The average Bonchev–Trinajstić information content (AvgIpc) is 3.60. The lowest BCUT2D eigenvalue weighted by atomic mass is 9.86. The van der Waals surface area contributed by atoms with E-state index in [0.717, 1.165) is 46.8 Å². The van der Waals surface area contributed by atoms with Gasteiger partial charge in [0.05, 0.1) is 16.0 Å². The molecule has 9 heteroatoms. The molecule has 3 amide bonds. The van der Waals surface area contributed by atoms with Gasteiger partial charge in [0.2, 0.25) is 0 Å². The Hall–Kier alpha value is -3.04. The number of carbonyl (C=O) groups is 2.